The molecule has 5 nitrogen and oxygen atoms in total. The number of rotatable bonds is 1. The van der Waals surface area contributed by atoms with Gasteiger partial charge in [-0.1, -0.05) is 6.07 Å². The first kappa shape index (κ1) is 8.18. The molecule has 0 amide bonds. The molecule has 66 valence electrons. The van der Waals surface area contributed by atoms with Crippen LogP contribution in [-0.4, -0.2) is 13.5 Å². The van der Waals surface area contributed by atoms with Crippen LogP contribution in [0.3, 0.4) is 0 Å². The number of halogens is 1. The van der Waals surface area contributed by atoms with Gasteiger partial charge in [0.25, 0.3) is 5.69 Å². The van der Waals surface area contributed by atoms with E-state index >= 15 is 0 Å². The lowest BCUT2D eigenvalue weighted by Crippen LogP contribution is -1.88. The van der Waals surface area contributed by atoms with Gasteiger partial charge in [0, 0.05) is 6.07 Å². The van der Waals surface area contributed by atoms with Crippen molar-refractivity contribution in [2.24, 2.45) is 0 Å². The van der Waals surface area contributed by atoms with Gasteiger partial charge in [-0.3, -0.25) is 13.7 Å². The molecule has 0 atom stereocenters. The van der Waals surface area contributed by atoms with Gasteiger partial charge in [-0.05, 0) is 6.07 Å². The van der Waals surface area contributed by atoms with Crippen molar-refractivity contribution in [3.05, 3.63) is 34.6 Å². The Morgan fingerprint density at radius 3 is 3.00 bits per heavy atom. The molecule has 6 heteroatoms. The van der Waals surface area contributed by atoms with Gasteiger partial charge < -0.3 is 0 Å². The normalized spacial score (nSPS) is 10.5. The van der Waals surface area contributed by atoms with Gasteiger partial charge in [-0.25, -0.2) is 4.98 Å². The first-order chi connectivity index (χ1) is 6.20. The summed E-state index contributed by atoms with van der Waals surface area (Å²) in [7, 11) is 0. The molecule has 0 aliphatic carbocycles. The number of aromatic nitrogens is 2. The minimum Gasteiger partial charge on any atom is -0.264 e. The van der Waals surface area contributed by atoms with Gasteiger partial charge in [-0.2, -0.15) is 0 Å². The largest absolute Gasteiger partial charge is 0.297 e. The lowest BCUT2D eigenvalue weighted by atomic mass is 10.3. The molecule has 0 bridgehead atoms. The standard InChI is InChI=1S/C7H4BrN3O2/c8-10-4-9-7-5(10)2-1-3-6(7)11(12)13/h1-4H. The Labute approximate surface area is 81.5 Å². The maximum absolute atomic E-state index is 10.6. The van der Waals surface area contributed by atoms with E-state index in [9.17, 15) is 10.1 Å². The summed E-state index contributed by atoms with van der Waals surface area (Å²) >= 11 is 3.18. The van der Waals surface area contributed by atoms with Crippen molar-refractivity contribution in [1.82, 2.24) is 8.58 Å². The molecule has 1 heterocycles. The summed E-state index contributed by atoms with van der Waals surface area (Å²) in [5.41, 5.74) is 1.11. The quantitative estimate of drug-likeness (QED) is 0.568. The van der Waals surface area contributed by atoms with E-state index in [4.69, 9.17) is 0 Å². The fourth-order valence-corrected chi connectivity index (χ4v) is 1.52. The second-order valence-corrected chi connectivity index (χ2v) is 3.22. The van der Waals surface area contributed by atoms with Crippen LogP contribution in [0, 0.1) is 10.1 Å². The number of hydrogen-bond acceptors (Lipinski definition) is 3. The van der Waals surface area contributed by atoms with Crippen LogP contribution in [0.1, 0.15) is 0 Å². The number of nitro groups is 1. The minimum absolute atomic E-state index is 0.0238. The van der Waals surface area contributed by atoms with E-state index in [2.05, 4.69) is 21.1 Å². The summed E-state index contributed by atoms with van der Waals surface area (Å²) in [5, 5.41) is 10.6. The lowest BCUT2D eigenvalue weighted by molar-refractivity contribution is -0.383. The van der Waals surface area contributed by atoms with Crippen molar-refractivity contribution in [1.29, 1.82) is 0 Å². The van der Waals surface area contributed by atoms with Crippen molar-refractivity contribution in [3.8, 4) is 0 Å². The van der Waals surface area contributed by atoms with Crippen LogP contribution in [0.15, 0.2) is 24.5 Å². The van der Waals surface area contributed by atoms with E-state index in [1.54, 1.807) is 15.7 Å². The summed E-state index contributed by atoms with van der Waals surface area (Å²) in [6.45, 7) is 0. The molecule has 0 unspecified atom stereocenters. The topological polar surface area (TPSA) is 61.0 Å². The van der Waals surface area contributed by atoms with Crippen molar-refractivity contribution < 1.29 is 4.92 Å². The van der Waals surface area contributed by atoms with E-state index in [1.165, 1.54) is 12.4 Å². The van der Waals surface area contributed by atoms with Crippen LogP contribution >= 0.6 is 16.1 Å². The van der Waals surface area contributed by atoms with E-state index in [0.717, 1.165) is 0 Å². The third-order valence-electron chi connectivity index (χ3n) is 1.71. The van der Waals surface area contributed by atoms with Gasteiger partial charge in [0.05, 0.1) is 26.6 Å². The zero-order valence-electron chi connectivity index (χ0n) is 6.35. The van der Waals surface area contributed by atoms with Crippen LogP contribution in [-0.2, 0) is 0 Å². The molecule has 0 aliphatic rings. The van der Waals surface area contributed by atoms with E-state index in [1.807, 2.05) is 0 Å². The molecule has 0 saturated heterocycles. The molecular weight excluding hydrogens is 238 g/mol. The van der Waals surface area contributed by atoms with Gasteiger partial charge in [0.2, 0.25) is 0 Å². The monoisotopic (exact) mass is 241 g/mol. The van der Waals surface area contributed by atoms with E-state index in [-0.39, 0.29) is 5.69 Å². The molecule has 1 aromatic carbocycles. The lowest BCUT2D eigenvalue weighted by Gasteiger charge is -1.92. The van der Waals surface area contributed by atoms with Crippen LogP contribution in [0.4, 0.5) is 5.69 Å². The maximum Gasteiger partial charge on any atom is 0.297 e. The third-order valence-corrected chi connectivity index (χ3v) is 2.27. The fraction of sp³-hybridized carbons (Fsp3) is 0. The second kappa shape index (κ2) is 2.81. The fourth-order valence-electron chi connectivity index (χ4n) is 1.14. The molecule has 1 aromatic heterocycles. The highest BCUT2D eigenvalue weighted by molar-refractivity contribution is 9.08. The predicted octanol–water partition coefficient (Wildman–Crippen LogP) is 2.10. The van der Waals surface area contributed by atoms with E-state index < -0.39 is 4.92 Å². The number of nitrogens with zero attached hydrogens (tertiary/aromatic N) is 3. The Kier molecular flexibility index (Phi) is 1.77. The van der Waals surface area contributed by atoms with Gasteiger partial charge in [0.1, 0.15) is 6.33 Å². The third kappa shape index (κ3) is 1.19. The van der Waals surface area contributed by atoms with Crippen LogP contribution in [0.5, 0.6) is 0 Å². The molecule has 0 spiro atoms. The molecule has 2 rings (SSSR count). The molecular formula is C7H4BrN3O2. The molecule has 0 aliphatic heterocycles. The first-order valence-electron chi connectivity index (χ1n) is 3.47. The Balaban J connectivity index is 2.84. The van der Waals surface area contributed by atoms with Crippen molar-refractivity contribution in [2.75, 3.05) is 0 Å². The number of hydrogen-bond donors (Lipinski definition) is 0. The van der Waals surface area contributed by atoms with Crippen LogP contribution in [0.2, 0.25) is 0 Å². The number of nitro benzene ring substituents is 1. The number of non-ortho nitro benzene ring substituents is 1. The number of benzene rings is 1. The van der Waals surface area contributed by atoms with E-state index in [0.29, 0.717) is 11.0 Å². The first-order valence-corrected chi connectivity index (χ1v) is 4.17. The highest BCUT2D eigenvalue weighted by Crippen LogP contribution is 2.24. The van der Waals surface area contributed by atoms with Crippen molar-refractivity contribution >= 4 is 32.9 Å². The van der Waals surface area contributed by atoms with Crippen molar-refractivity contribution in [3.63, 3.8) is 0 Å². The Bertz CT molecular complexity index is 480. The average Bonchev–Trinajstić information content (AvgIpc) is 2.48. The summed E-state index contributed by atoms with van der Waals surface area (Å²) in [5.74, 6) is 0. The average molecular weight is 242 g/mol. The smallest absolute Gasteiger partial charge is 0.264 e. The summed E-state index contributed by atoms with van der Waals surface area (Å²) in [6.07, 6.45) is 1.48. The van der Waals surface area contributed by atoms with Crippen LogP contribution < -0.4 is 0 Å². The molecule has 0 fully saturated rings. The van der Waals surface area contributed by atoms with Gasteiger partial charge >= 0.3 is 0 Å². The molecule has 13 heavy (non-hydrogen) atoms. The summed E-state index contributed by atoms with van der Waals surface area (Å²) in [4.78, 5) is 14.0. The Morgan fingerprint density at radius 1 is 1.54 bits per heavy atom. The Morgan fingerprint density at radius 2 is 2.31 bits per heavy atom. The minimum atomic E-state index is -0.442. The number of para-hydroxylation sites is 1. The summed E-state index contributed by atoms with van der Waals surface area (Å²) < 4.78 is 1.56. The predicted molar refractivity (Wildman–Crippen MR) is 50.7 cm³/mol. The highest BCUT2D eigenvalue weighted by Gasteiger charge is 2.14. The van der Waals surface area contributed by atoms with Crippen LogP contribution in [0.25, 0.3) is 11.0 Å². The second-order valence-electron chi connectivity index (χ2n) is 2.46. The van der Waals surface area contributed by atoms with Gasteiger partial charge in [0.15, 0.2) is 5.52 Å². The Hall–Kier alpha value is -1.43. The zero-order valence-corrected chi connectivity index (χ0v) is 7.93. The molecule has 2 aromatic rings. The van der Waals surface area contributed by atoms with Gasteiger partial charge in [-0.15, -0.1) is 0 Å². The maximum atomic E-state index is 10.6. The number of imidazole rings is 1. The number of fused-ring (bicyclic) bond motifs is 1. The molecule has 0 radical (unpaired) electrons. The highest BCUT2D eigenvalue weighted by atomic mass is 79.9. The molecule has 0 N–H and O–H groups in total. The zero-order chi connectivity index (χ0) is 9.42. The van der Waals surface area contributed by atoms with Crippen molar-refractivity contribution in [2.45, 2.75) is 0 Å². The summed E-state index contributed by atoms with van der Waals surface area (Å²) in [6, 6.07) is 4.81. The molecule has 0 saturated carbocycles. The SMILES string of the molecule is O=[N+]([O-])c1cccc2c1ncn2Br.